The van der Waals surface area contributed by atoms with Gasteiger partial charge in [-0.2, -0.15) is 0 Å². The van der Waals surface area contributed by atoms with Gasteiger partial charge in [0.2, 0.25) is 6.29 Å². The van der Waals surface area contributed by atoms with E-state index >= 15 is 0 Å². The van der Waals surface area contributed by atoms with Gasteiger partial charge in [-0.3, -0.25) is 0 Å². The van der Waals surface area contributed by atoms with Gasteiger partial charge < -0.3 is 55.1 Å². The first kappa shape index (κ1) is 18.3. The molecule has 1 saturated heterocycles. The minimum atomic E-state index is -1.74. The van der Waals surface area contributed by atoms with Gasteiger partial charge in [0.15, 0.2) is 17.8 Å². The van der Waals surface area contributed by atoms with Gasteiger partial charge in [0.25, 0.3) is 0 Å². The zero-order valence-corrected chi connectivity index (χ0v) is 11.8. The van der Waals surface area contributed by atoms with Crippen LogP contribution in [0.15, 0.2) is 11.5 Å². The highest BCUT2D eigenvalue weighted by Gasteiger charge is 2.47. The molecule has 0 saturated carbocycles. The van der Waals surface area contributed by atoms with Gasteiger partial charge in [0.1, 0.15) is 36.6 Å². The van der Waals surface area contributed by atoms with E-state index < -0.39 is 73.9 Å². The van der Waals surface area contributed by atoms with Crippen molar-refractivity contribution >= 4 is 0 Å². The summed E-state index contributed by atoms with van der Waals surface area (Å²) < 4.78 is 15.2. The van der Waals surface area contributed by atoms with Crippen LogP contribution in [0.5, 0.6) is 0 Å². The Morgan fingerprint density at radius 2 is 1.39 bits per heavy atom. The molecule has 8 atom stereocenters. The molecule has 0 aromatic heterocycles. The molecule has 11 nitrogen and oxygen atoms in total. The van der Waals surface area contributed by atoms with Crippen LogP contribution in [0.25, 0.3) is 0 Å². The summed E-state index contributed by atoms with van der Waals surface area (Å²) in [5.41, 5.74) is 0. The lowest BCUT2D eigenvalue weighted by Gasteiger charge is -2.41. The second kappa shape index (κ2) is 7.25. The van der Waals surface area contributed by atoms with Gasteiger partial charge in [-0.05, 0) is 0 Å². The van der Waals surface area contributed by atoms with Crippen molar-refractivity contribution in [1.29, 1.82) is 0 Å². The van der Waals surface area contributed by atoms with Crippen LogP contribution in [0.4, 0.5) is 0 Å². The van der Waals surface area contributed by atoms with Gasteiger partial charge >= 0.3 is 0 Å². The van der Waals surface area contributed by atoms with Crippen molar-refractivity contribution < 1.29 is 55.1 Å². The molecular weight excluding hydrogens is 320 g/mol. The first-order valence-electron chi connectivity index (χ1n) is 6.84. The van der Waals surface area contributed by atoms with E-state index in [0.29, 0.717) is 0 Å². The second-order valence-corrected chi connectivity index (χ2v) is 5.24. The van der Waals surface area contributed by atoms with Crippen LogP contribution in [0.3, 0.4) is 0 Å². The van der Waals surface area contributed by atoms with Gasteiger partial charge in [0, 0.05) is 0 Å². The van der Waals surface area contributed by atoms with Gasteiger partial charge in [-0.1, -0.05) is 0 Å². The van der Waals surface area contributed by atoms with Crippen LogP contribution in [0.1, 0.15) is 0 Å². The average Bonchev–Trinajstić information content (AvgIpc) is 2.55. The molecular formula is C12H20O11. The van der Waals surface area contributed by atoms with Crippen LogP contribution in [0, 0.1) is 0 Å². The topological polar surface area (TPSA) is 190 Å². The van der Waals surface area contributed by atoms with E-state index in [1.54, 1.807) is 0 Å². The zero-order valence-electron chi connectivity index (χ0n) is 11.8. The number of aliphatic hydroxyl groups excluding tert-OH is 8. The minimum absolute atomic E-state index is 0.679. The highest BCUT2D eigenvalue weighted by Crippen LogP contribution is 2.28. The van der Waals surface area contributed by atoms with Crippen LogP contribution < -0.4 is 0 Å². The molecule has 2 aliphatic heterocycles. The highest BCUT2D eigenvalue weighted by atomic mass is 16.8. The van der Waals surface area contributed by atoms with E-state index in [9.17, 15) is 30.6 Å². The summed E-state index contributed by atoms with van der Waals surface area (Å²) in [6, 6.07) is 0. The standard InChI is InChI=1S/C12H20O11/c13-1-3-5(15)7(17)9(19)11(21-3)23-12-10(20)8(18)6(16)4(2-14)22-12/h3-7,9,11-20H,1-2H2/t3-,4-,5-,6-,7+,9-,11-,12-/m1/s1. The van der Waals surface area contributed by atoms with Crippen molar-refractivity contribution in [3.63, 3.8) is 0 Å². The lowest BCUT2D eigenvalue weighted by Crippen LogP contribution is -2.60. The summed E-state index contributed by atoms with van der Waals surface area (Å²) in [6.07, 6.45) is -12.6. The average molecular weight is 340 g/mol. The molecule has 2 rings (SSSR count). The lowest BCUT2D eigenvalue weighted by molar-refractivity contribution is -0.344. The smallest absolute Gasteiger partial charge is 0.223 e. The van der Waals surface area contributed by atoms with Crippen molar-refractivity contribution in [1.82, 2.24) is 0 Å². The molecule has 11 heteroatoms. The SMILES string of the molecule is OC[C@H]1O[C@H](O[C@H]2O[C@H](CO)[C@@H](O)C(O)=C2O)[C@H](O)[C@@H](O)[C@@H]1O. The van der Waals surface area contributed by atoms with Crippen LogP contribution in [-0.4, -0.2) is 103 Å². The Labute approximate surface area is 130 Å². The van der Waals surface area contributed by atoms with Gasteiger partial charge in [-0.25, -0.2) is 0 Å². The quantitative estimate of drug-likeness (QED) is 0.250. The lowest BCUT2D eigenvalue weighted by atomic mass is 9.99. The molecule has 0 radical (unpaired) electrons. The van der Waals surface area contributed by atoms with Gasteiger partial charge in [-0.15, -0.1) is 0 Å². The van der Waals surface area contributed by atoms with Gasteiger partial charge in [0.05, 0.1) is 13.2 Å². The number of hydrogen-bond acceptors (Lipinski definition) is 11. The molecule has 1 fully saturated rings. The Kier molecular flexibility index (Phi) is 5.78. The Morgan fingerprint density at radius 1 is 0.783 bits per heavy atom. The van der Waals surface area contributed by atoms with Crippen molar-refractivity contribution in [2.75, 3.05) is 13.2 Å². The summed E-state index contributed by atoms with van der Waals surface area (Å²) in [7, 11) is 0. The summed E-state index contributed by atoms with van der Waals surface area (Å²) in [6.45, 7) is -1.38. The number of aliphatic hydroxyl groups is 8. The molecule has 0 unspecified atom stereocenters. The maximum atomic E-state index is 9.82. The first-order valence-corrected chi connectivity index (χ1v) is 6.84. The Balaban J connectivity index is 2.14. The minimum Gasteiger partial charge on any atom is -0.506 e. The third-order valence-corrected chi connectivity index (χ3v) is 3.70. The highest BCUT2D eigenvalue weighted by molar-refractivity contribution is 5.12. The molecule has 2 heterocycles. The third kappa shape index (κ3) is 3.42. The summed E-state index contributed by atoms with van der Waals surface area (Å²) >= 11 is 0. The number of ether oxygens (including phenoxy) is 3. The predicted octanol–water partition coefficient (Wildman–Crippen LogP) is -3.79. The molecule has 8 N–H and O–H groups in total. The summed E-state index contributed by atoms with van der Waals surface area (Å²) in [5, 5.41) is 76.1. The Hall–Kier alpha value is -1.02. The normalized spacial score (nSPS) is 45.3. The fraction of sp³-hybridized carbons (Fsp3) is 0.833. The van der Waals surface area contributed by atoms with E-state index in [1.807, 2.05) is 0 Å². The second-order valence-electron chi connectivity index (χ2n) is 5.24. The molecule has 134 valence electrons. The van der Waals surface area contributed by atoms with E-state index in [1.165, 1.54) is 0 Å². The fourth-order valence-electron chi connectivity index (χ4n) is 2.29. The van der Waals surface area contributed by atoms with Crippen molar-refractivity contribution in [2.24, 2.45) is 0 Å². The van der Waals surface area contributed by atoms with Crippen LogP contribution in [-0.2, 0) is 14.2 Å². The molecule has 0 aromatic rings. The number of hydrogen-bond donors (Lipinski definition) is 8. The first-order chi connectivity index (χ1) is 10.8. The fourth-order valence-corrected chi connectivity index (χ4v) is 2.29. The van der Waals surface area contributed by atoms with Crippen LogP contribution in [0.2, 0.25) is 0 Å². The molecule has 0 aliphatic carbocycles. The van der Waals surface area contributed by atoms with Crippen LogP contribution >= 0.6 is 0 Å². The molecule has 0 bridgehead atoms. The van der Waals surface area contributed by atoms with E-state index in [2.05, 4.69) is 0 Å². The molecule has 0 amide bonds. The monoisotopic (exact) mass is 340 g/mol. The maximum Gasteiger partial charge on any atom is 0.223 e. The van der Waals surface area contributed by atoms with Crippen molar-refractivity contribution in [3.05, 3.63) is 11.5 Å². The predicted molar refractivity (Wildman–Crippen MR) is 68.9 cm³/mol. The van der Waals surface area contributed by atoms with E-state index in [4.69, 9.17) is 24.4 Å². The molecule has 0 spiro atoms. The maximum absolute atomic E-state index is 9.82. The summed E-state index contributed by atoms with van der Waals surface area (Å²) in [5.74, 6) is -1.79. The largest absolute Gasteiger partial charge is 0.506 e. The van der Waals surface area contributed by atoms with E-state index in [0.717, 1.165) is 0 Å². The third-order valence-electron chi connectivity index (χ3n) is 3.70. The molecule has 23 heavy (non-hydrogen) atoms. The van der Waals surface area contributed by atoms with Crippen molar-refractivity contribution in [3.8, 4) is 0 Å². The van der Waals surface area contributed by atoms with E-state index in [-0.39, 0.29) is 0 Å². The molecule has 0 aromatic carbocycles. The summed E-state index contributed by atoms with van der Waals surface area (Å²) in [4.78, 5) is 0. The number of rotatable bonds is 4. The molecule has 2 aliphatic rings. The Bertz CT molecular complexity index is 439. The van der Waals surface area contributed by atoms with Crippen molar-refractivity contribution in [2.45, 2.75) is 49.2 Å². The zero-order chi connectivity index (χ0) is 17.3. The Morgan fingerprint density at radius 3 is 1.96 bits per heavy atom.